The van der Waals surface area contributed by atoms with Gasteiger partial charge in [0.05, 0.1) is 17.6 Å². The van der Waals surface area contributed by atoms with Gasteiger partial charge in [-0.1, -0.05) is 13.8 Å². The molecule has 0 atom stereocenters. The molecule has 128 valence electrons. The van der Waals surface area contributed by atoms with Crippen LogP contribution >= 0.6 is 0 Å². The Labute approximate surface area is 138 Å². The molecule has 2 N–H and O–H groups in total. The lowest BCUT2D eigenvalue weighted by Crippen LogP contribution is -2.08. The van der Waals surface area contributed by atoms with E-state index in [-0.39, 0.29) is 29.6 Å². The Kier molecular flexibility index (Phi) is 6.94. The zero-order valence-corrected chi connectivity index (χ0v) is 13.5. The number of halogens is 1. The van der Waals surface area contributed by atoms with Crippen LogP contribution < -0.4 is 5.32 Å². The van der Waals surface area contributed by atoms with E-state index in [1.165, 1.54) is 25.3 Å². The highest BCUT2D eigenvalue weighted by Gasteiger charge is 2.15. The number of aliphatic hydroxyl groups excluding tert-OH is 1. The van der Waals surface area contributed by atoms with Crippen molar-refractivity contribution < 1.29 is 19.2 Å². The van der Waals surface area contributed by atoms with Crippen LogP contribution in [0.5, 0.6) is 0 Å². The SMILES string of the molecule is CC.CC(=O)Nc1cc(-c2ccc([N+](=O)[O-])cc2F)c(CO)cn1. The zero-order valence-electron chi connectivity index (χ0n) is 13.5. The molecule has 1 aromatic carbocycles. The van der Waals surface area contributed by atoms with Crippen LogP contribution in [0.25, 0.3) is 11.1 Å². The summed E-state index contributed by atoms with van der Waals surface area (Å²) in [6.45, 7) is 4.91. The summed E-state index contributed by atoms with van der Waals surface area (Å²) in [6, 6.07) is 4.61. The molecule has 0 spiro atoms. The van der Waals surface area contributed by atoms with Crippen molar-refractivity contribution in [3.63, 3.8) is 0 Å². The first-order chi connectivity index (χ1) is 11.4. The molecule has 0 aliphatic heterocycles. The first kappa shape index (κ1) is 19.2. The van der Waals surface area contributed by atoms with Gasteiger partial charge in [-0.15, -0.1) is 0 Å². The summed E-state index contributed by atoms with van der Waals surface area (Å²) >= 11 is 0. The van der Waals surface area contributed by atoms with E-state index in [9.17, 15) is 24.4 Å². The number of carbonyl (C=O) groups excluding carboxylic acids is 1. The summed E-state index contributed by atoms with van der Waals surface area (Å²) in [5, 5.41) is 22.4. The van der Waals surface area contributed by atoms with Crippen molar-refractivity contribution in [1.29, 1.82) is 0 Å². The maximum Gasteiger partial charge on any atom is 0.272 e. The Balaban J connectivity index is 0.00000139. The average molecular weight is 335 g/mol. The second kappa shape index (κ2) is 8.68. The van der Waals surface area contributed by atoms with Gasteiger partial charge >= 0.3 is 0 Å². The molecule has 0 radical (unpaired) electrons. The van der Waals surface area contributed by atoms with Crippen LogP contribution in [0.4, 0.5) is 15.9 Å². The van der Waals surface area contributed by atoms with E-state index in [4.69, 9.17) is 0 Å². The van der Waals surface area contributed by atoms with E-state index in [0.717, 1.165) is 12.1 Å². The number of amides is 1. The van der Waals surface area contributed by atoms with Crippen LogP contribution in [-0.2, 0) is 11.4 Å². The highest BCUT2D eigenvalue weighted by atomic mass is 19.1. The molecule has 8 heteroatoms. The number of aromatic nitrogens is 1. The third-order valence-electron chi connectivity index (χ3n) is 2.91. The number of hydrogen-bond acceptors (Lipinski definition) is 5. The predicted octanol–water partition coefficient (Wildman–Crippen LogP) is 3.27. The summed E-state index contributed by atoms with van der Waals surface area (Å²) in [7, 11) is 0. The first-order valence-electron chi connectivity index (χ1n) is 7.24. The van der Waals surface area contributed by atoms with Gasteiger partial charge in [-0.2, -0.15) is 0 Å². The molecule has 0 saturated carbocycles. The van der Waals surface area contributed by atoms with Crippen molar-refractivity contribution in [2.45, 2.75) is 27.4 Å². The molecule has 1 heterocycles. The summed E-state index contributed by atoms with van der Waals surface area (Å²) in [4.78, 5) is 24.9. The van der Waals surface area contributed by atoms with Crippen LogP contribution in [0.15, 0.2) is 30.5 Å². The quantitative estimate of drug-likeness (QED) is 0.659. The molecule has 2 aromatic rings. The van der Waals surface area contributed by atoms with Crippen molar-refractivity contribution >= 4 is 17.4 Å². The third kappa shape index (κ3) is 4.56. The van der Waals surface area contributed by atoms with Gasteiger partial charge in [0, 0.05) is 30.3 Å². The number of nitro groups is 1. The number of nitro benzene ring substituents is 1. The lowest BCUT2D eigenvalue weighted by Gasteiger charge is -2.11. The van der Waals surface area contributed by atoms with Crippen molar-refractivity contribution in [2.24, 2.45) is 0 Å². The molecular formula is C16H18FN3O4. The Morgan fingerprint density at radius 2 is 2.00 bits per heavy atom. The van der Waals surface area contributed by atoms with Gasteiger partial charge in [-0.25, -0.2) is 9.37 Å². The van der Waals surface area contributed by atoms with Crippen LogP contribution in [0, 0.1) is 15.9 Å². The first-order valence-corrected chi connectivity index (χ1v) is 7.24. The van der Waals surface area contributed by atoms with Crippen molar-refractivity contribution in [3.05, 3.63) is 52.0 Å². The fourth-order valence-corrected chi connectivity index (χ4v) is 1.95. The monoisotopic (exact) mass is 335 g/mol. The van der Waals surface area contributed by atoms with E-state index in [2.05, 4.69) is 10.3 Å². The Morgan fingerprint density at radius 1 is 1.33 bits per heavy atom. The fraction of sp³-hybridized carbons (Fsp3) is 0.250. The molecule has 0 saturated heterocycles. The van der Waals surface area contributed by atoms with E-state index in [1.807, 2.05) is 13.8 Å². The number of anilines is 1. The lowest BCUT2D eigenvalue weighted by atomic mass is 10.0. The number of nitrogens with one attached hydrogen (secondary N) is 1. The minimum absolute atomic E-state index is 0.0728. The largest absolute Gasteiger partial charge is 0.392 e. The summed E-state index contributed by atoms with van der Waals surface area (Å²) in [6.07, 6.45) is 1.31. The minimum Gasteiger partial charge on any atom is -0.392 e. The molecule has 2 rings (SSSR count). The van der Waals surface area contributed by atoms with E-state index in [1.54, 1.807) is 0 Å². The molecule has 24 heavy (non-hydrogen) atoms. The summed E-state index contributed by atoms with van der Waals surface area (Å²) in [5.74, 6) is -0.958. The molecule has 0 fully saturated rings. The van der Waals surface area contributed by atoms with Crippen molar-refractivity contribution in [1.82, 2.24) is 4.98 Å². The van der Waals surface area contributed by atoms with Crippen LogP contribution in [0.3, 0.4) is 0 Å². The molecule has 1 aromatic heterocycles. The molecule has 7 nitrogen and oxygen atoms in total. The molecule has 0 bridgehead atoms. The van der Waals surface area contributed by atoms with Gasteiger partial charge in [-0.3, -0.25) is 14.9 Å². The third-order valence-corrected chi connectivity index (χ3v) is 2.91. The number of aliphatic hydroxyl groups is 1. The van der Waals surface area contributed by atoms with Gasteiger partial charge in [-0.05, 0) is 17.7 Å². The minimum atomic E-state index is -0.802. The second-order valence-electron chi connectivity index (χ2n) is 4.49. The number of non-ortho nitro benzene ring substituents is 1. The molecule has 1 amide bonds. The van der Waals surface area contributed by atoms with Crippen LogP contribution in [0.2, 0.25) is 0 Å². The van der Waals surface area contributed by atoms with E-state index < -0.39 is 10.7 Å². The number of hydrogen-bond donors (Lipinski definition) is 2. The number of rotatable bonds is 4. The Hall–Kier alpha value is -2.87. The highest BCUT2D eigenvalue weighted by molar-refractivity contribution is 5.88. The van der Waals surface area contributed by atoms with Crippen molar-refractivity contribution in [2.75, 3.05) is 5.32 Å². The van der Waals surface area contributed by atoms with Gasteiger partial charge in [0.15, 0.2) is 0 Å². The standard InChI is InChI=1S/C14H12FN3O4.C2H6/c1-8(20)17-14-5-12(9(7-19)6-16-14)11-3-2-10(18(21)22)4-13(11)15;1-2/h2-6,19H,7H2,1H3,(H,16,17,20);1-2H3. The van der Waals surface area contributed by atoms with Gasteiger partial charge in [0.25, 0.3) is 5.69 Å². The lowest BCUT2D eigenvalue weighted by molar-refractivity contribution is -0.385. The van der Waals surface area contributed by atoms with Gasteiger partial charge in [0.2, 0.25) is 5.91 Å². The van der Waals surface area contributed by atoms with E-state index >= 15 is 0 Å². The maximum absolute atomic E-state index is 14.1. The maximum atomic E-state index is 14.1. The van der Waals surface area contributed by atoms with Crippen LogP contribution in [-0.4, -0.2) is 20.9 Å². The summed E-state index contributed by atoms with van der Waals surface area (Å²) in [5.41, 5.74) is 0.335. The predicted molar refractivity (Wildman–Crippen MR) is 87.9 cm³/mol. The van der Waals surface area contributed by atoms with E-state index in [0.29, 0.717) is 11.1 Å². The smallest absolute Gasteiger partial charge is 0.272 e. The van der Waals surface area contributed by atoms with Crippen molar-refractivity contribution in [3.8, 4) is 11.1 Å². The number of pyridine rings is 1. The average Bonchev–Trinajstić information content (AvgIpc) is 2.56. The molecule has 0 aliphatic carbocycles. The second-order valence-corrected chi connectivity index (χ2v) is 4.49. The molecule has 0 unspecified atom stereocenters. The highest BCUT2D eigenvalue weighted by Crippen LogP contribution is 2.30. The number of nitrogens with zero attached hydrogens (tertiary/aromatic N) is 2. The zero-order chi connectivity index (χ0) is 18.3. The van der Waals surface area contributed by atoms with Gasteiger partial charge < -0.3 is 10.4 Å². The Bertz CT molecular complexity index is 750. The van der Waals surface area contributed by atoms with Gasteiger partial charge in [0.1, 0.15) is 11.6 Å². The normalized spacial score (nSPS) is 9.71. The fourth-order valence-electron chi connectivity index (χ4n) is 1.95. The Morgan fingerprint density at radius 3 is 2.50 bits per heavy atom. The number of carbonyl (C=O) groups is 1. The summed E-state index contributed by atoms with van der Waals surface area (Å²) < 4.78 is 14.1. The molecular weight excluding hydrogens is 317 g/mol. The van der Waals surface area contributed by atoms with Crippen LogP contribution in [0.1, 0.15) is 26.3 Å². The topological polar surface area (TPSA) is 105 Å². The number of benzene rings is 1. The molecule has 0 aliphatic rings.